The lowest BCUT2D eigenvalue weighted by Gasteiger charge is -2.11. The Hall–Kier alpha value is -1.53. The number of halogens is 1. The van der Waals surface area contributed by atoms with E-state index in [9.17, 15) is 4.79 Å². The van der Waals surface area contributed by atoms with E-state index in [4.69, 9.17) is 21.6 Å². The number of carbonyl (C=O) groups is 1. The number of benzene rings is 1. The molecule has 1 aromatic rings. The zero-order chi connectivity index (χ0) is 13.0. The van der Waals surface area contributed by atoms with Crippen LogP contribution in [0.15, 0.2) is 18.2 Å². The fraction of sp³-hybridized carbons (Fsp3) is 0.429. The third-order valence-corrected chi connectivity index (χ3v) is 3.58. The van der Waals surface area contributed by atoms with Gasteiger partial charge in [0.05, 0.1) is 5.02 Å². The van der Waals surface area contributed by atoms with Gasteiger partial charge in [-0.15, -0.1) is 0 Å². The molecule has 18 heavy (non-hydrogen) atoms. The van der Waals surface area contributed by atoms with Crippen LogP contribution in [0.4, 0.5) is 0 Å². The molecule has 4 heteroatoms. The first-order chi connectivity index (χ1) is 8.72. The second-order valence-corrected chi connectivity index (χ2v) is 4.87. The smallest absolute Gasteiger partial charge is 0.173 e. The van der Waals surface area contributed by atoms with Gasteiger partial charge in [0.2, 0.25) is 0 Å². The first-order valence-electron chi connectivity index (χ1n) is 6.06. The molecule has 1 fully saturated rings. The summed E-state index contributed by atoms with van der Waals surface area (Å²) in [6, 6.07) is 6.99. The second kappa shape index (κ2) is 5.88. The van der Waals surface area contributed by atoms with E-state index in [2.05, 4.69) is 0 Å². The molecule has 94 valence electrons. The van der Waals surface area contributed by atoms with Crippen molar-refractivity contribution in [2.24, 2.45) is 5.92 Å². The average molecular weight is 264 g/mol. The van der Waals surface area contributed by atoms with Crippen LogP contribution >= 0.6 is 11.6 Å². The number of carbonyl (C=O) groups excluding carboxylic acids is 1. The van der Waals surface area contributed by atoms with Gasteiger partial charge in [0.1, 0.15) is 24.0 Å². The summed E-state index contributed by atoms with van der Waals surface area (Å²) < 4.78 is 5.43. The highest BCUT2D eigenvalue weighted by Crippen LogP contribution is 2.28. The largest absolute Gasteiger partial charge is 0.484 e. The summed E-state index contributed by atoms with van der Waals surface area (Å²) >= 11 is 5.88. The molecule has 0 bridgehead atoms. The molecule has 0 saturated heterocycles. The number of hydrogen-bond acceptors (Lipinski definition) is 3. The number of rotatable bonds is 4. The number of ketones is 1. The van der Waals surface area contributed by atoms with E-state index in [0.717, 1.165) is 25.7 Å². The van der Waals surface area contributed by atoms with Gasteiger partial charge in [-0.1, -0.05) is 30.5 Å². The van der Waals surface area contributed by atoms with Gasteiger partial charge in [0.15, 0.2) is 5.78 Å². The van der Waals surface area contributed by atoms with Crippen LogP contribution in [0.2, 0.25) is 5.02 Å². The molecule has 0 aromatic heterocycles. The molecule has 0 spiro atoms. The summed E-state index contributed by atoms with van der Waals surface area (Å²) in [6.07, 6.45) is 4.17. The van der Waals surface area contributed by atoms with Crippen LogP contribution in [0, 0.1) is 17.2 Å². The van der Waals surface area contributed by atoms with Crippen LogP contribution in [-0.4, -0.2) is 12.4 Å². The molecule has 1 aliphatic carbocycles. The van der Waals surface area contributed by atoms with Gasteiger partial charge in [0, 0.05) is 5.92 Å². The first kappa shape index (κ1) is 12.9. The SMILES string of the molecule is N#Cc1c(Cl)cccc1OCC(=O)C1CCCC1. The van der Waals surface area contributed by atoms with E-state index in [1.54, 1.807) is 18.2 Å². The minimum atomic E-state index is 0.0275. The molecule has 0 N–H and O–H groups in total. The van der Waals surface area contributed by atoms with E-state index >= 15 is 0 Å². The number of Topliss-reactive ketones (excluding diaryl/α,β-unsaturated/α-hetero) is 1. The average Bonchev–Trinajstić information content (AvgIpc) is 2.90. The van der Waals surface area contributed by atoms with Crippen molar-refractivity contribution in [3.63, 3.8) is 0 Å². The van der Waals surface area contributed by atoms with E-state index in [1.807, 2.05) is 6.07 Å². The lowest BCUT2D eigenvalue weighted by Crippen LogP contribution is -2.19. The van der Waals surface area contributed by atoms with Crippen molar-refractivity contribution in [1.29, 1.82) is 5.26 Å². The highest BCUT2D eigenvalue weighted by molar-refractivity contribution is 6.31. The molecule has 0 unspecified atom stereocenters. The zero-order valence-electron chi connectivity index (χ0n) is 9.99. The predicted molar refractivity (Wildman–Crippen MR) is 68.6 cm³/mol. The van der Waals surface area contributed by atoms with Crippen LogP contribution in [-0.2, 0) is 4.79 Å². The topological polar surface area (TPSA) is 50.1 Å². The Morgan fingerprint density at radius 3 is 2.83 bits per heavy atom. The van der Waals surface area contributed by atoms with Crippen molar-refractivity contribution in [3.05, 3.63) is 28.8 Å². The van der Waals surface area contributed by atoms with Gasteiger partial charge in [-0.25, -0.2) is 0 Å². The van der Waals surface area contributed by atoms with Crippen molar-refractivity contribution < 1.29 is 9.53 Å². The van der Waals surface area contributed by atoms with Crippen LogP contribution in [0.5, 0.6) is 5.75 Å². The van der Waals surface area contributed by atoms with Crippen molar-refractivity contribution in [1.82, 2.24) is 0 Å². The number of nitrogens with zero attached hydrogens (tertiary/aromatic N) is 1. The van der Waals surface area contributed by atoms with Gasteiger partial charge in [-0.05, 0) is 25.0 Å². The van der Waals surface area contributed by atoms with E-state index < -0.39 is 0 Å². The van der Waals surface area contributed by atoms with Crippen LogP contribution in [0.25, 0.3) is 0 Å². The summed E-state index contributed by atoms with van der Waals surface area (Å²) in [5, 5.41) is 9.33. The maximum absolute atomic E-state index is 11.9. The Kier molecular flexibility index (Phi) is 4.22. The molecule has 0 heterocycles. The Morgan fingerprint density at radius 1 is 1.44 bits per heavy atom. The number of ether oxygens (including phenoxy) is 1. The molecule has 3 nitrogen and oxygen atoms in total. The molecule has 0 radical (unpaired) electrons. The molecular formula is C14H14ClNO2. The Labute approximate surface area is 111 Å². The molecule has 0 amide bonds. The van der Waals surface area contributed by atoms with E-state index in [-0.39, 0.29) is 18.3 Å². The molecule has 1 saturated carbocycles. The first-order valence-corrected chi connectivity index (χ1v) is 6.44. The van der Waals surface area contributed by atoms with Gasteiger partial charge in [-0.3, -0.25) is 4.79 Å². The molecule has 0 aliphatic heterocycles. The van der Waals surface area contributed by atoms with Crippen molar-refractivity contribution in [2.45, 2.75) is 25.7 Å². The maximum atomic E-state index is 11.9. The fourth-order valence-electron chi connectivity index (χ4n) is 2.25. The number of nitriles is 1. The van der Waals surface area contributed by atoms with Gasteiger partial charge in [0.25, 0.3) is 0 Å². The maximum Gasteiger partial charge on any atom is 0.173 e. The van der Waals surface area contributed by atoms with E-state index in [0.29, 0.717) is 16.3 Å². The second-order valence-electron chi connectivity index (χ2n) is 4.46. The van der Waals surface area contributed by atoms with Crippen LogP contribution in [0.3, 0.4) is 0 Å². The standard InChI is InChI=1S/C14H14ClNO2/c15-12-6-3-7-14(11(12)8-16)18-9-13(17)10-4-1-2-5-10/h3,6-7,10H,1-2,4-5,9H2. The Balaban J connectivity index is 2.00. The van der Waals surface area contributed by atoms with Crippen molar-refractivity contribution in [2.75, 3.05) is 6.61 Å². The minimum Gasteiger partial charge on any atom is -0.484 e. The molecule has 2 rings (SSSR count). The summed E-state index contributed by atoms with van der Waals surface area (Å²) in [5.41, 5.74) is 0.290. The van der Waals surface area contributed by atoms with Crippen molar-refractivity contribution >= 4 is 17.4 Å². The molecule has 0 atom stereocenters. The molecule has 1 aromatic carbocycles. The third kappa shape index (κ3) is 2.83. The predicted octanol–water partition coefficient (Wildman–Crippen LogP) is 3.35. The summed E-state index contributed by atoms with van der Waals surface area (Å²) in [6.45, 7) is 0.0275. The summed E-state index contributed by atoms with van der Waals surface area (Å²) in [7, 11) is 0. The zero-order valence-corrected chi connectivity index (χ0v) is 10.7. The highest BCUT2D eigenvalue weighted by Gasteiger charge is 2.23. The van der Waals surface area contributed by atoms with Gasteiger partial charge in [-0.2, -0.15) is 5.26 Å². The summed E-state index contributed by atoms with van der Waals surface area (Å²) in [5.74, 6) is 0.641. The minimum absolute atomic E-state index is 0.0275. The van der Waals surface area contributed by atoms with Crippen molar-refractivity contribution in [3.8, 4) is 11.8 Å². The van der Waals surface area contributed by atoms with Gasteiger partial charge < -0.3 is 4.74 Å². The fourth-order valence-corrected chi connectivity index (χ4v) is 2.46. The Bertz CT molecular complexity index is 487. The Morgan fingerprint density at radius 2 is 2.17 bits per heavy atom. The monoisotopic (exact) mass is 263 g/mol. The van der Waals surface area contributed by atoms with E-state index in [1.165, 1.54) is 0 Å². The van der Waals surface area contributed by atoms with Gasteiger partial charge >= 0.3 is 0 Å². The lowest BCUT2D eigenvalue weighted by molar-refractivity contribution is -0.124. The van der Waals surface area contributed by atoms with Crippen LogP contribution in [0.1, 0.15) is 31.2 Å². The third-order valence-electron chi connectivity index (χ3n) is 3.27. The number of hydrogen-bond donors (Lipinski definition) is 0. The summed E-state index contributed by atoms with van der Waals surface area (Å²) in [4.78, 5) is 11.9. The normalized spacial score (nSPS) is 15.3. The van der Waals surface area contributed by atoms with Crippen LogP contribution < -0.4 is 4.74 Å². The molecule has 1 aliphatic rings. The lowest BCUT2D eigenvalue weighted by atomic mass is 10.0. The highest BCUT2D eigenvalue weighted by atomic mass is 35.5. The quantitative estimate of drug-likeness (QED) is 0.837. The molecular weight excluding hydrogens is 250 g/mol.